The van der Waals surface area contributed by atoms with E-state index in [-0.39, 0.29) is 0 Å². The second kappa shape index (κ2) is 3.40. The Bertz CT molecular complexity index is 347. The number of hydrogen-bond acceptors (Lipinski definition) is 4. The lowest BCUT2D eigenvalue weighted by Crippen LogP contribution is -2.27. The smallest absolute Gasteiger partial charge is 0.245 e. The number of carbonyl (C=O) groups excluding carboxylic acids is 1. The van der Waals surface area contributed by atoms with E-state index in [2.05, 4.69) is 21.9 Å². The number of anilines is 1. The predicted octanol–water partition coefficient (Wildman–Crippen LogP) is 0.616. The molecule has 1 aromatic rings. The highest BCUT2D eigenvalue weighted by molar-refractivity contribution is 5.69. The summed E-state index contributed by atoms with van der Waals surface area (Å²) in [6.07, 6.45) is 3.09. The van der Waals surface area contributed by atoms with Gasteiger partial charge in [0.05, 0.1) is 0 Å². The van der Waals surface area contributed by atoms with E-state index < -0.39 is 0 Å². The third kappa shape index (κ3) is 1.38. The molecule has 0 aliphatic carbocycles. The van der Waals surface area contributed by atoms with E-state index in [1.165, 1.54) is 17.5 Å². The molecular formula is C9H14N4O. The number of aryl methyl sites for hydroxylation is 1. The lowest BCUT2D eigenvalue weighted by atomic mass is 10.2. The van der Waals surface area contributed by atoms with Crippen LogP contribution < -0.4 is 4.90 Å². The highest BCUT2D eigenvalue weighted by Crippen LogP contribution is 2.21. The van der Waals surface area contributed by atoms with Gasteiger partial charge in [-0.15, -0.1) is 5.10 Å². The molecule has 1 aliphatic rings. The first-order valence-corrected chi connectivity index (χ1v) is 4.85. The van der Waals surface area contributed by atoms with Gasteiger partial charge in [0.15, 0.2) is 12.1 Å². The van der Waals surface area contributed by atoms with Gasteiger partial charge in [0.1, 0.15) is 0 Å². The standard InChI is InChI=1S/C9H14N4O/c1-7-4-3-5-13(7)9-10-8(6-14)12(2)11-9/h6-7H,3-5H2,1-2H3. The van der Waals surface area contributed by atoms with E-state index in [0.29, 0.717) is 17.8 Å². The first-order chi connectivity index (χ1) is 6.72. The lowest BCUT2D eigenvalue weighted by molar-refractivity contribution is 0.111. The second-order valence-electron chi connectivity index (χ2n) is 3.70. The fraction of sp³-hybridized carbons (Fsp3) is 0.667. The van der Waals surface area contributed by atoms with Crippen molar-refractivity contribution in [3.8, 4) is 0 Å². The van der Waals surface area contributed by atoms with Crippen molar-refractivity contribution in [3.63, 3.8) is 0 Å². The molecule has 0 spiro atoms. The fourth-order valence-corrected chi connectivity index (χ4v) is 1.84. The average Bonchev–Trinajstić information content (AvgIpc) is 2.71. The number of hydrogen-bond donors (Lipinski definition) is 0. The zero-order chi connectivity index (χ0) is 10.1. The average molecular weight is 194 g/mol. The third-order valence-electron chi connectivity index (χ3n) is 2.70. The van der Waals surface area contributed by atoms with Crippen LogP contribution in [0.5, 0.6) is 0 Å². The molecule has 1 aliphatic heterocycles. The van der Waals surface area contributed by atoms with E-state index in [0.717, 1.165) is 12.8 Å². The van der Waals surface area contributed by atoms with Gasteiger partial charge in [-0.2, -0.15) is 4.98 Å². The quantitative estimate of drug-likeness (QED) is 0.647. The van der Waals surface area contributed by atoms with Crippen LogP contribution in [0.25, 0.3) is 0 Å². The Morgan fingerprint density at radius 2 is 2.36 bits per heavy atom. The first kappa shape index (κ1) is 9.18. The van der Waals surface area contributed by atoms with Crippen molar-refractivity contribution in [2.24, 2.45) is 7.05 Å². The molecule has 14 heavy (non-hydrogen) atoms. The Balaban J connectivity index is 2.27. The largest absolute Gasteiger partial charge is 0.337 e. The Morgan fingerprint density at radius 3 is 2.86 bits per heavy atom. The predicted molar refractivity (Wildman–Crippen MR) is 52.4 cm³/mol. The summed E-state index contributed by atoms with van der Waals surface area (Å²) in [5.41, 5.74) is 0. The van der Waals surface area contributed by atoms with Gasteiger partial charge in [-0.05, 0) is 19.8 Å². The highest BCUT2D eigenvalue weighted by atomic mass is 16.1. The van der Waals surface area contributed by atoms with Gasteiger partial charge < -0.3 is 4.90 Å². The molecule has 0 aromatic carbocycles. The van der Waals surface area contributed by atoms with Crippen molar-refractivity contribution < 1.29 is 4.79 Å². The van der Waals surface area contributed by atoms with Gasteiger partial charge in [0.2, 0.25) is 5.95 Å². The molecule has 0 radical (unpaired) electrons. The molecule has 0 amide bonds. The summed E-state index contributed by atoms with van der Waals surface area (Å²) in [5, 5.41) is 4.21. The summed E-state index contributed by atoms with van der Waals surface area (Å²) >= 11 is 0. The summed E-state index contributed by atoms with van der Waals surface area (Å²) in [6, 6.07) is 0.483. The summed E-state index contributed by atoms with van der Waals surface area (Å²) in [4.78, 5) is 16.9. The Morgan fingerprint density at radius 1 is 1.57 bits per heavy atom. The van der Waals surface area contributed by atoms with Crippen molar-refractivity contribution in [1.29, 1.82) is 0 Å². The molecular weight excluding hydrogens is 180 g/mol. The van der Waals surface area contributed by atoms with E-state index >= 15 is 0 Å². The van der Waals surface area contributed by atoms with E-state index in [1.807, 2.05) is 0 Å². The molecule has 1 atom stereocenters. The Hall–Kier alpha value is -1.39. The maximum atomic E-state index is 10.6. The highest BCUT2D eigenvalue weighted by Gasteiger charge is 2.24. The molecule has 1 unspecified atom stereocenters. The maximum absolute atomic E-state index is 10.6. The molecule has 2 heterocycles. The van der Waals surface area contributed by atoms with Crippen molar-refractivity contribution >= 4 is 12.2 Å². The van der Waals surface area contributed by atoms with Gasteiger partial charge in [-0.25, -0.2) is 4.68 Å². The SMILES string of the molecule is CC1CCCN1c1nc(C=O)n(C)n1. The molecule has 76 valence electrons. The third-order valence-corrected chi connectivity index (χ3v) is 2.70. The lowest BCUT2D eigenvalue weighted by Gasteiger charge is -2.18. The van der Waals surface area contributed by atoms with E-state index in [1.54, 1.807) is 7.05 Å². The van der Waals surface area contributed by atoms with Gasteiger partial charge in [0.25, 0.3) is 0 Å². The molecule has 5 nitrogen and oxygen atoms in total. The van der Waals surface area contributed by atoms with Crippen molar-refractivity contribution in [2.45, 2.75) is 25.8 Å². The summed E-state index contributed by atoms with van der Waals surface area (Å²) in [6.45, 7) is 3.15. The monoisotopic (exact) mass is 194 g/mol. The first-order valence-electron chi connectivity index (χ1n) is 4.85. The Kier molecular flexibility index (Phi) is 2.23. The van der Waals surface area contributed by atoms with Crippen molar-refractivity contribution in [2.75, 3.05) is 11.4 Å². The van der Waals surface area contributed by atoms with Crippen molar-refractivity contribution in [3.05, 3.63) is 5.82 Å². The zero-order valence-electron chi connectivity index (χ0n) is 8.47. The van der Waals surface area contributed by atoms with E-state index in [4.69, 9.17) is 0 Å². The van der Waals surface area contributed by atoms with Gasteiger partial charge in [0, 0.05) is 19.6 Å². The second-order valence-corrected chi connectivity index (χ2v) is 3.70. The van der Waals surface area contributed by atoms with Crippen LogP contribution in [0.3, 0.4) is 0 Å². The van der Waals surface area contributed by atoms with Crippen LogP contribution in [-0.2, 0) is 7.05 Å². The number of nitrogens with zero attached hydrogens (tertiary/aromatic N) is 4. The van der Waals surface area contributed by atoms with Crippen LogP contribution in [0.15, 0.2) is 0 Å². The van der Waals surface area contributed by atoms with Crippen molar-refractivity contribution in [1.82, 2.24) is 14.8 Å². The number of aromatic nitrogens is 3. The molecule has 1 saturated heterocycles. The van der Waals surface area contributed by atoms with Crippen LogP contribution in [0.1, 0.15) is 30.4 Å². The van der Waals surface area contributed by atoms with Crippen LogP contribution >= 0.6 is 0 Å². The molecule has 5 heteroatoms. The number of rotatable bonds is 2. The number of aldehydes is 1. The number of carbonyl (C=O) groups is 1. The molecule has 0 bridgehead atoms. The molecule has 0 N–H and O–H groups in total. The fourth-order valence-electron chi connectivity index (χ4n) is 1.84. The summed E-state index contributed by atoms with van der Waals surface area (Å²) in [5.74, 6) is 1.07. The van der Waals surface area contributed by atoms with Crippen LogP contribution in [-0.4, -0.2) is 33.6 Å². The topological polar surface area (TPSA) is 51.0 Å². The van der Waals surface area contributed by atoms with Gasteiger partial charge in [-0.1, -0.05) is 0 Å². The maximum Gasteiger partial charge on any atom is 0.245 e. The van der Waals surface area contributed by atoms with Gasteiger partial charge >= 0.3 is 0 Å². The molecule has 2 rings (SSSR count). The molecule has 1 fully saturated rings. The zero-order valence-corrected chi connectivity index (χ0v) is 8.47. The van der Waals surface area contributed by atoms with Gasteiger partial charge in [-0.3, -0.25) is 4.79 Å². The van der Waals surface area contributed by atoms with E-state index in [9.17, 15) is 4.79 Å². The minimum Gasteiger partial charge on any atom is -0.337 e. The molecule has 0 saturated carbocycles. The normalized spacial score (nSPS) is 21.6. The summed E-state index contributed by atoms with van der Waals surface area (Å²) in [7, 11) is 1.74. The van der Waals surface area contributed by atoms with Crippen LogP contribution in [0.4, 0.5) is 5.95 Å². The molecule has 1 aromatic heterocycles. The van der Waals surface area contributed by atoms with Crippen LogP contribution in [0.2, 0.25) is 0 Å². The minimum atomic E-state index is 0.388. The summed E-state index contributed by atoms with van der Waals surface area (Å²) < 4.78 is 1.52. The minimum absolute atomic E-state index is 0.388. The Labute approximate surface area is 82.7 Å². The van der Waals surface area contributed by atoms with Crippen LogP contribution in [0, 0.1) is 0 Å².